The molecule has 0 saturated heterocycles. The summed E-state index contributed by atoms with van der Waals surface area (Å²) in [6.07, 6.45) is 4.30. The molecule has 1 rings (SSSR count). The van der Waals surface area contributed by atoms with Crippen LogP contribution in [-0.2, 0) is 4.79 Å². The summed E-state index contributed by atoms with van der Waals surface area (Å²) in [6, 6.07) is 0.131. The molecule has 0 spiro atoms. The van der Waals surface area contributed by atoms with Gasteiger partial charge in [0.25, 0.3) is 0 Å². The molecule has 0 aromatic carbocycles. The average Bonchev–Trinajstić information content (AvgIpc) is 2.09. The minimum Gasteiger partial charge on any atom is -0.351 e. The lowest BCUT2D eigenvalue weighted by Crippen LogP contribution is -2.43. The molecule has 1 N–H and O–H groups in total. The number of hydrogen-bond acceptors (Lipinski definition) is 1. The van der Waals surface area contributed by atoms with Gasteiger partial charge >= 0.3 is 0 Å². The molecule has 0 unspecified atom stereocenters. The van der Waals surface area contributed by atoms with Gasteiger partial charge in [-0.2, -0.15) is 0 Å². The first kappa shape index (κ1) is 10.1. The van der Waals surface area contributed by atoms with Gasteiger partial charge in [-0.25, -0.2) is 0 Å². The quantitative estimate of drug-likeness (QED) is 0.693. The summed E-state index contributed by atoms with van der Waals surface area (Å²) >= 11 is 11.4. The molecule has 70 valence electrons. The molecule has 0 bridgehead atoms. The number of hydrogen-bond donors (Lipinski definition) is 1. The van der Waals surface area contributed by atoms with Crippen LogP contribution in [0.25, 0.3) is 0 Å². The number of halogens is 2. The molecule has 2 atom stereocenters. The van der Waals surface area contributed by atoms with E-state index in [0.29, 0.717) is 0 Å². The highest BCUT2D eigenvalue weighted by molar-refractivity contribution is 6.27. The number of rotatable bonds is 2. The molecule has 1 aliphatic rings. The van der Waals surface area contributed by atoms with Crippen LogP contribution >= 0.6 is 23.2 Å². The predicted molar refractivity (Wildman–Crippen MR) is 50.8 cm³/mol. The molecule has 0 aromatic rings. The zero-order valence-electron chi connectivity index (χ0n) is 6.85. The van der Waals surface area contributed by atoms with E-state index in [1.165, 1.54) is 6.42 Å². The smallest absolute Gasteiger partial charge is 0.235 e. The van der Waals surface area contributed by atoms with Gasteiger partial charge in [0.2, 0.25) is 5.91 Å². The van der Waals surface area contributed by atoms with Crippen LogP contribution < -0.4 is 5.32 Å². The topological polar surface area (TPSA) is 29.1 Å². The Balaban J connectivity index is 2.33. The van der Waals surface area contributed by atoms with Crippen molar-refractivity contribution >= 4 is 29.1 Å². The fourth-order valence-electron chi connectivity index (χ4n) is 1.49. The van der Waals surface area contributed by atoms with E-state index in [1.54, 1.807) is 0 Å². The summed E-state index contributed by atoms with van der Waals surface area (Å²) in [5.41, 5.74) is 0. The van der Waals surface area contributed by atoms with E-state index in [1.807, 2.05) is 0 Å². The van der Waals surface area contributed by atoms with Gasteiger partial charge in [-0.1, -0.05) is 12.8 Å². The van der Waals surface area contributed by atoms with Crippen LogP contribution in [0, 0.1) is 0 Å². The fraction of sp³-hybridized carbons (Fsp3) is 0.875. The first-order chi connectivity index (χ1) is 5.74. The Labute approximate surface area is 82.6 Å². The number of alkyl halides is 2. The molecule has 0 aromatic heterocycles. The first-order valence-electron chi connectivity index (χ1n) is 4.23. The van der Waals surface area contributed by atoms with Crippen LogP contribution in [0.2, 0.25) is 0 Å². The van der Waals surface area contributed by atoms with E-state index in [-0.39, 0.29) is 23.2 Å². The summed E-state index contributed by atoms with van der Waals surface area (Å²) in [5, 5.41) is 2.90. The third-order valence-electron chi connectivity index (χ3n) is 2.15. The van der Waals surface area contributed by atoms with Crippen LogP contribution in [-0.4, -0.2) is 23.2 Å². The monoisotopic (exact) mass is 209 g/mol. The predicted octanol–water partition coefficient (Wildman–Crippen LogP) is 1.89. The van der Waals surface area contributed by atoms with Crippen LogP contribution in [0.1, 0.15) is 25.7 Å². The van der Waals surface area contributed by atoms with E-state index in [2.05, 4.69) is 5.32 Å². The van der Waals surface area contributed by atoms with Crippen molar-refractivity contribution in [2.24, 2.45) is 0 Å². The van der Waals surface area contributed by atoms with Gasteiger partial charge < -0.3 is 5.32 Å². The standard InChI is InChI=1S/C8H13Cl2NO/c9-5-8(12)11-7-4-2-1-3-6(7)10/h6-7H,1-5H2,(H,11,12)/t6-,7+/m1/s1. The van der Waals surface area contributed by atoms with Crippen molar-refractivity contribution in [3.63, 3.8) is 0 Å². The van der Waals surface area contributed by atoms with Crippen molar-refractivity contribution in [3.8, 4) is 0 Å². The summed E-state index contributed by atoms with van der Waals surface area (Å²) in [6.45, 7) is 0. The molecule has 2 nitrogen and oxygen atoms in total. The highest BCUT2D eigenvalue weighted by Crippen LogP contribution is 2.22. The second-order valence-electron chi connectivity index (χ2n) is 3.11. The summed E-state index contributed by atoms with van der Waals surface area (Å²) in [5.74, 6) is -0.0886. The van der Waals surface area contributed by atoms with E-state index in [0.717, 1.165) is 19.3 Å². The highest BCUT2D eigenvalue weighted by Gasteiger charge is 2.23. The largest absolute Gasteiger partial charge is 0.351 e. The second kappa shape index (κ2) is 4.93. The normalized spacial score (nSPS) is 29.8. The fourth-order valence-corrected chi connectivity index (χ4v) is 1.91. The molecular weight excluding hydrogens is 197 g/mol. The van der Waals surface area contributed by atoms with Crippen LogP contribution in [0.15, 0.2) is 0 Å². The van der Waals surface area contributed by atoms with Gasteiger partial charge in [-0.3, -0.25) is 4.79 Å². The molecule has 0 heterocycles. The van der Waals surface area contributed by atoms with Gasteiger partial charge in [-0.05, 0) is 12.8 Å². The van der Waals surface area contributed by atoms with E-state index >= 15 is 0 Å². The third kappa shape index (κ3) is 2.83. The molecule has 1 fully saturated rings. The number of carbonyl (C=O) groups is 1. The molecule has 1 amide bonds. The number of carbonyl (C=O) groups excluding carboxylic acids is 1. The Morgan fingerprint density at radius 2 is 2.08 bits per heavy atom. The number of nitrogens with one attached hydrogen (secondary N) is 1. The Kier molecular flexibility index (Phi) is 4.16. The lowest BCUT2D eigenvalue weighted by molar-refractivity contribution is -0.119. The Morgan fingerprint density at radius 3 is 2.67 bits per heavy atom. The zero-order valence-corrected chi connectivity index (χ0v) is 8.37. The highest BCUT2D eigenvalue weighted by atomic mass is 35.5. The summed E-state index contributed by atoms with van der Waals surface area (Å²) in [7, 11) is 0. The molecule has 4 heteroatoms. The molecule has 1 saturated carbocycles. The molecule has 0 aliphatic heterocycles. The van der Waals surface area contributed by atoms with Gasteiger partial charge in [0.15, 0.2) is 0 Å². The maximum Gasteiger partial charge on any atom is 0.235 e. The minimum absolute atomic E-state index is 0.0279. The van der Waals surface area contributed by atoms with Crippen LogP contribution in [0.5, 0.6) is 0 Å². The van der Waals surface area contributed by atoms with Crippen LogP contribution in [0.4, 0.5) is 0 Å². The van der Waals surface area contributed by atoms with Crippen molar-refractivity contribution in [3.05, 3.63) is 0 Å². The average molecular weight is 210 g/mol. The van der Waals surface area contributed by atoms with Gasteiger partial charge in [-0.15, -0.1) is 23.2 Å². The number of amides is 1. The zero-order chi connectivity index (χ0) is 8.97. The maximum absolute atomic E-state index is 10.9. The third-order valence-corrected chi connectivity index (χ3v) is 2.91. The van der Waals surface area contributed by atoms with Gasteiger partial charge in [0, 0.05) is 6.04 Å². The SMILES string of the molecule is O=C(CCl)N[C@H]1CCCC[C@H]1Cl. The van der Waals surface area contributed by atoms with Gasteiger partial charge in [0.05, 0.1) is 5.38 Å². The van der Waals surface area contributed by atoms with E-state index in [4.69, 9.17) is 23.2 Å². The Bertz CT molecular complexity index is 163. The minimum atomic E-state index is -0.116. The van der Waals surface area contributed by atoms with Crippen molar-refractivity contribution in [2.45, 2.75) is 37.1 Å². The lowest BCUT2D eigenvalue weighted by Gasteiger charge is -2.27. The Morgan fingerprint density at radius 1 is 1.42 bits per heavy atom. The van der Waals surface area contributed by atoms with Crippen molar-refractivity contribution in [1.29, 1.82) is 0 Å². The Hall–Kier alpha value is 0.0500. The second-order valence-corrected chi connectivity index (χ2v) is 3.94. The van der Waals surface area contributed by atoms with Crippen molar-refractivity contribution < 1.29 is 4.79 Å². The van der Waals surface area contributed by atoms with Crippen LogP contribution in [0.3, 0.4) is 0 Å². The molecule has 12 heavy (non-hydrogen) atoms. The van der Waals surface area contributed by atoms with Crippen molar-refractivity contribution in [1.82, 2.24) is 5.32 Å². The maximum atomic E-state index is 10.9. The van der Waals surface area contributed by atoms with Crippen molar-refractivity contribution in [2.75, 3.05) is 5.88 Å². The lowest BCUT2D eigenvalue weighted by atomic mass is 9.95. The first-order valence-corrected chi connectivity index (χ1v) is 5.20. The summed E-state index contributed by atoms with van der Waals surface area (Å²) in [4.78, 5) is 10.9. The molecular formula is C8H13Cl2NO. The van der Waals surface area contributed by atoms with E-state index in [9.17, 15) is 4.79 Å². The molecule has 0 radical (unpaired) electrons. The molecule has 1 aliphatic carbocycles. The summed E-state index contributed by atoms with van der Waals surface area (Å²) < 4.78 is 0. The van der Waals surface area contributed by atoms with E-state index < -0.39 is 0 Å². The van der Waals surface area contributed by atoms with Gasteiger partial charge in [0.1, 0.15) is 5.88 Å².